The average molecular weight is 349 g/mol. The van der Waals surface area contributed by atoms with Gasteiger partial charge in [-0.1, -0.05) is 23.2 Å². The lowest BCUT2D eigenvalue weighted by Gasteiger charge is -2.21. The highest BCUT2D eigenvalue weighted by Crippen LogP contribution is 2.50. The molecule has 0 spiro atoms. The van der Waals surface area contributed by atoms with Crippen LogP contribution in [-0.4, -0.2) is 20.1 Å². The second kappa shape index (κ2) is 4.66. The van der Waals surface area contributed by atoms with Crippen LogP contribution < -0.4 is 10.5 Å². The van der Waals surface area contributed by atoms with Crippen molar-refractivity contribution in [2.45, 2.75) is 29.5 Å². The largest absolute Gasteiger partial charge is 0.407 e. The van der Waals surface area contributed by atoms with Gasteiger partial charge < -0.3 is 5.73 Å². The number of hydrogen-bond acceptors (Lipinski definition) is 3. The number of rotatable bonds is 3. The number of anilines is 1. The summed E-state index contributed by atoms with van der Waals surface area (Å²) < 4.78 is 64.0. The molecule has 0 aromatic heterocycles. The van der Waals surface area contributed by atoms with Crippen molar-refractivity contribution in [3.05, 3.63) is 22.2 Å². The van der Waals surface area contributed by atoms with Crippen molar-refractivity contribution in [2.24, 2.45) is 0 Å². The van der Waals surface area contributed by atoms with E-state index in [0.29, 0.717) is 0 Å². The Morgan fingerprint density at radius 3 is 2.25 bits per heavy atom. The molecule has 0 atom stereocenters. The minimum absolute atomic E-state index is 0.0194. The molecule has 0 radical (unpaired) electrons. The molecule has 1 aromatic rings. The maximum Gasteiger partial charge on any atom is 0.407 e. The van der Waals surface area contributed by atoms with Gasteiger partial charge in [-0.25, -0.2) is 8.42 Å². The van der Waals surface area contributed by atoms with Gasteiger partial charge in [-0.05, 0) is 25.0 Å². The van der Waals surface area contributed by atoms with E-state index < -0.39 is 31.7 Å². The van der Waals surface area contributed by atoms with Crippen LogP contribution in [-0.2, 0) is 10.0 Å². The van der Waals surface area contributed by atoms with Crippen LogP contribution in [0, 0.1) is 0 Å². The number of halogens is 5. The van der Waals surface area contributed by atoms with Gasteiger partial charge in [0.05, 0.1) is 15.7 Å². The third-order valence-electron chi connectivity index (χ3n) is 3.00. The Morgan fingerprint density at radius 2 is 1.80 bits per heavy atom. The van der Waals surface area contributed by atoms with Gasteiger partial charge in [0.2, 0.25) is 10.0 Å². The van der Waals surface area contributed by atoms with Gasteiger partial charge in [0.25, 0.3) is 0 Å². The third kappa shape index (κ3) is 2.57. The number of nitrogens with two attached hydrogens (primary N) is 1. The fourth-order valence-electron chi connectivity index (χ4n) is 1.64. The Morgan fingerprint density at radius 1 is 1.25 bits per heavy atom. The van der Waals surface area contributed by atoms with E-state index in [1.807, 2.05) is 0 Å². The number of benzene rings is 1. The van der Waals surface area contributed by atoms with Crippen molar-refractivity contribution >= 4 is 38.9 Å². The maximum absolute atomic E-state index is 12.8. The second-order valence-corrected chi connectivity index (χ2v) is 6.89. The molecule has 0 aliphatic heterocycles. The van der Waals surface area contributed by atoms with Crippen LogP contribution in [0.5, 0.6) is 0 Å². The van der Waals surface area contributed by atoms with Crippen molar-refractivity contribution in [2.75, 3.05) is 5.73 Å². The zero-order valence-corrected chi connectivity index (χ0v) is 12.1. The molecule has 0 heterocycles. The highest BCUT2D eigenvalue weighted by atomic mass is 35.5. The van der Waals surface area contributed by atoms with Crippen LogP contribution in [0.2, 0.25) is 10.0 Å². The van der Waals surface area contributed by atoms with E-state index in [4.69, 9.17) is 28.9 Å². The van der Waals surface area contributed by atoms with Gasteiger partial charge in [0, 0.05) is 0 Å². The first-order valence-electron chi connectivity index (χ1n) is 5.34. The molecule has 1 aliphatic carbocycles. The van der Waals surface area contributed by atoms with E-state index in [-0.39, 0.29) is 23.6 Å². The van der Waals surface area contributed by atoms with Crippen LogP contribution in [0.25, 0.3) is 0 Å². The summed E-state index contributed by atoms with van der Waals surface area (Å²) in [5.41, 5.74) is 2.85. The molecule has 3 N–H and O–H groups in total. The Labute approximate surface area is 123 Å². The van der Waals surface area contributed by atoms with Crippen molar-refractivity contribution in [1.29, 1.82) is 0 Å². The summed E-state index contributed by atoms with van der Waals surface area (Å²) in [6.45, 7) is 0. The van der Waals surface area contributed by atoms with Gasteiger partial charge >= 0.3 is 6.18 Å². The average Bonchev–Trinajstić information content (AvgIpc) is 3.05. The van der Waals surface area contributed by atoms with Gasteiger partial charge in [-0.2, -0.15) is 17.9 Å². The molecule has 0 bridgehead atoms. The van der Waals surface area contributed by atoms with Gasteiger partial charge in [0.15, 0.2) is 0 Å². The lowest BCUT2D eigenvalue weighted by Crippen LogP contribution is -2.47. The zero-order valence-electron chi connectivity index (χ0n) is 9.76. The molecule has 0 saturated heterocycles. The highest BCUT2D eigenvalue weighted by molar-refractivity contribution is 7.89. The molecule has 1 aliphatic rings. The molecule has 20 heavy (non-hydrogen) atoms. The summed E-state index contributed by atoms with van der Waals surface area (Å²) in [7, 11) is -4.45. The van der Waals surface area contributed by atoms with Gasteiger partial charge in [-0.3, -0.25) is 0 Å². The first-order chi connectivity index (χ1) is 9.00. The van der Waals surface area contributed by atoms with E-state index in [0.717, 1.165) is 12.1 Å². The lowest BCUT2D eigenvalue weighted by atomic mass is 10.3. The first kappa shape index (κ1) is 15.7. The predicted molar refractivity (Wildman–Crippen MR) is 69.2 cm³/mol. The minimum Gasteiger partial charge on any atom is -0.396 e. The van der Waals surface area contributed by atoms with Crippen LogP contribution >= 0.6 is 23.2 Å². The third-order valence-corrected chi connectivity index (χ3v) is 5.43. The van der Waals surface area contributed by atoms with Gasteiger partial charge in [-0.15, -0.1) is 0 Å². The number of sulfonamides is 1. The number of nitrogen functional groups attached to an aromatic ring is 1. The SMILES string of the molecule is Nc1c(Cl)ccc(S(=O)(=O)NC2(C(F)(F)F)CC2)c1Cl. The molecular formula is C10H9Cl2F3N2O2S. The first-order valence-corrected chi connectivity index (χ1v) is 7.58. The summed E-state index contributed by atoms with van der Waals surface area (Å²) in [6, 6.07) is 2.17. The topological polar surface area (TPSA) is 72.2 Å². The molecular weight excluding hydrogens is 340 g/mol. The normalized spacial score (nSPS) is 18.1. The fourth-order valence-corrected chi connectivity index (χ4v) is 3.85. The quantitative estimate of drug-likeness (QED) is 0.825. The predicted octanol–water partition coefficient (Wildman–Crippen LogP) is 2.95. The van der Waals surface area contributed by atoms with Crippen molar-refractivity contribution in [1.82, 2.24) is 4.72 Å². The van der Waals surface area contributed by atoms with E-state index in [1.54, 1.807) is 4.72 Å². The van der Waals surface area contributed by atoms with E-state index in [9.17, 15) is 21.6 Å². The second-order valence-electron chi connectivity index (χ2n) is 4.46. The van der Waals surface area contributed by atoms with E-state index >= 15 is 0 Å². The molecule has 1 saturated carbocycles. The zero-order chi connectivity index (χ0) is 15.3. The number of hydrogen-bond donors (Lipinski definition) is 2. The smallest absolute Gasteiger partial charge is 0.396 e. The molecule has 0 unspecified atom stereocenters. The molecule has 0 amide bonds. The minimum atomic E-state index is -4.66. The molecule has 1 fully saturated rings. The standard InChI is InChI=1S/C10H9Cl2F3N2O2S/c11-5-1-2-6(7(12)8(5)16)20(18,19)17-9(3-4-9)10(13,14)15/h1-2,17H,3-4,16H2. The summed E-state index contributed by atoms with van der Waals surface area (Å²) >= 11 is 11.4. The van der Waals surface area contributed by atoms with E-state index in [1.165, 1.54) is 0 Å². The Balaban J connectivity index is 2.41. The Bertz CT molecular complexity index is 657. The van der Waals surface area contributed by atoms with Crippen LogP contribution in [0.4, 0.5) is 18.9 Å². The van der Waals surface area contributed by atoms with E-state index in [2.05, 4.69) is 0 Å². The molecule has 4 nitrogen and oxygen atoms in total. The van der Waals surface area contributed by atoms with Crippen molar-refractivity contribution in [3.63, 3.8) is 0 Å². The molecule has 1 aromatic carbocycles. The maximum atomic E-state index is 12.8. The van der Waals surface area contributed by atoms with Crippen LogP contribution in [0.3, 0.4) is 0 Å². The lowest BCUT2D eigenvalue weighted by molar-refractivity contribution is -0.160. The molecule has 10 heteroatoms. The van der Waals surface area contributed by atoms with Crippen LogP contribution in [0.1, 0.15) is 12.8 Å². The summed E-state index contributed by atoms with van der Waals surface area (Å²) in [5, 5.41) is -0.381. The Kier molecular flexibility index (Phi) is 3.65. The van der Waals surface area contributed by atoms with Gasteiger partial charge in [0.1, 0.15) is 10.4 Å². The number of alkyl halides is 3. The number of nitrogens with one attached hydrogen (secondary N) is 1. The van der Waals surface area contributed by atoms with Crippen LogP contribution in [0.15, 0.2) is 17.0 Å². The summed E-state index contributed by atoms with van der Waals surface area (Å²) in [4.78, 5) is -0.531. The molecule has 2 rings (SSSR count). The van der Waals surface area contributed by atoms with Crippen molar-refractivity contribution < 1.29 is 21.6 Å². The molecule has 112 valence electrons. The van der Waals surface area contributed by atoms with Crippen molar-refractivity contribution in [3.8, 4) is 0 Å². The fraction of sp³-hybridized carbons (Fsp3) is 0.400. The Hall–Kier alpha value is -0.700. The summed E-state index contributed by atoms with van der Waals surface area (Å²) in [5.74, 6) is 0. The highest BCUT2D eigenvalue weighted by Gasteiger charge is 2.65. The summed E-state index contributed by atoms with van der Waals surface area (Å²) in [6.07, 6.45) is -5.28. The monoisotopic (exact) mass is 348 g/mol.